The van der Waals surface area contributed by atoms with E-state index >= 15 is 0 Å². The molecule has 1 aromatic heterocycles. The number of fused-ring (bicyclic) bond motifs is 1. The second-order valence-corrected chi connectivity index (χ2v) is 4.25. The molecule has 0 N–H and O–H groups in total. The third-order valence-electron chi connectivity index (χ3n) is 3.06. The van der Waals surface area contributed by atoms with E-state index in [0.29, 0.717) is 0 Å². The van der Waals surface area contributed by atoms with E-state index in [2.05, 4.69) is 0 Å². The molecule has 0 saturated heterocycles. The smallest absolute Gasteiger partial charge is 0.227 e. The van der Waals surface area contributed by atoms with Crippen LogP contribution in [0.1, 0.15) is 12.8 Å². The normalized spacial score (nSPS) is 10.3. The molecule has 1 aromatic carbocycles. The van der Waals surface area contributed by atoms with Crippen molar-refractivity contribution in [2.24, 2.45) is 7.05 Å². The molecule has 0 aliphatic rings. The van der Waals surface area contributed by atoms with Gasteiger partial charge in [0.05, 0.1) is 11.8 Å². The molecule has 2 rings (SSSR count). The molecule has 0 atom stereocenters. The monoisotopic (exact) mass is 241 g/mol. The lowest BCUT2D eigenvalue weighted by atomic mass is 10.2. The van der Waals surface area contributed by atoms with Crippen LogP contribution in [0, 0.1) is 11.3 Å². The first-order valence-corrected chi connectivity index (χ1v) is 5.82. The molecule has 2 aromatic rings. The molecule has 0 bridgehead atoms. The lowest BCUT2D eigenvalue weighted by Crippen LogP contribution is -2.25. The first-order chi connectivity index (χ1) is 8.65. The van der Waals surface area contributed by atoms with Crippen molar-refractivity contribution in [2.45, 2.75) is 12.8 Å². The zero-order chi connectivity index (χ0) is 13.1. The van der Waals surface area contributed by atoms with Gasteiger partial charge in [0.2, 0.25) is 5.91 Å². The van der Waals surface area contributed by atoms with Crippen molar-refractivity contribution in [1.82, 2.24) is 4.57 Å². The minimum absolute atomic E-state index is 0.0343. The zero-order valence-corrected chi connectivity index (χ0v) is 10.6. The number of aromatic nitrogens is 1. The summed E-state index contributed by atoms with van der Waals surface area (Å²) in [6.07, 6.45) is 2.46. The van der Waals surface area contributed by atoms with Crippen LogP contribution in [0.5, 0.6) is 0 Å². The molecule has 1 amide bonds. The number of nitrogens with zero attached hydrogens (tertiary/aromatic N) is 3. The number of carbonyl (C=O) groups excluding carboxylic acids is 1. The lowest BCUT2D eigenvalue weighted by molar-refractivity contribution is -0.118. The first-order valence-electron chi connectivity index (χ1n) is 5.82. The minimum Gasteiger partial charge on any atom is -0.348 e. The van der Waals surface area contributed by atoms with Crippen LogP contribution in [-0.4, -0.2) is 17.5 Å². The van der Waals surface area contributed by atoms with Crippen molar-refractivity contribution in [2.75, 3.05) is 11.9 Å². The van der Waals surface area contributed by atoms with Crippen molar-refractivity contribution >= 4 is 22.5 Å². The Morgan fingerprint density at radius 2 is 2.17 bits per heavy atom. The molecule has 0 aliphatic carbocycles. The maximum absolute atomic E-state index is 11.9. The number of para-hydroxylation sites is 1. The van der Waals surface area contributed by atoms with Crippen LogP contribution in [0.15, 0.2) is 30.5 Å². The third kappa shape index (κ3) is 2.07. The van der Waals surface area contributed by atoms with Crippen molar-refractivity contribution in [1.29, 1.82) is 5.26 Å². The highest BCUT2D eigenvalue weighted by Gasteiger charge is 2.15. The Hall–Kier alpha value is -2.28. The average molecular weight is 241 g/mol. The Balaban J connectivity index is 2.37. The van der Waals surface area contributed by atoms with Gasteiger partial charge in [-0.15, -0.1) is 0 Å². The molecule has 1 heterocycles. The largest absolute Gasteiger partial charge is 0.348 e. The summed E-state index contributed by atoms with van der Waals surface area (Å²) in [4.78, 5) is 13.5. The summed E-state index contributed by atoms with van der Waals surface area (Å²) in [5.74, 6) is -0.0343. The number of carbonyl (C=O) groups is 1. The van der Waals surface area contributed by atoms with Gasteiger partial charge in [-0.1, -0.05) is 18.2 Å². The second-order valence-electron chi connectivity index (χ2n) is 4.25. The number of aryl methyl sites for hydroxylation is 1. The molecule has 0 aliphatic heterocycles. The van der Waals surface area contributed by atoms with Gasteiger partial charge < -0.3 is 9.47 Å². The summed E-state index contributed by atoms with van der Waals surface area (Å²) >= 11 is 0. The van der Waals surface area contributed by atoms with Gasteiger partial charge in [-0.2, -0.15) is 5.26 Å². The number of hydrogen-bond donors (Lipinski definition) is 0. The summed E-state index contributed by atoms with van der Waals surface area (Å²) < 4.78 is 2.00. The van der Waals surface area contributed by atoms with E-state index in [1.54, 1.807) is 11.9 Å². The molecule has 4 nitrogen and oxygen atoms in total. The summed E-state index contributed by atoms with van der Waals surface area (Å²) in [7, 11) is 3.71. The van der Waals surface area contributed by atoms with Gasteiger partial charge in [0.25, 0.3) is 0 Å². The van der Waals surface area contributed by atoms with Crippen LogP contribution < -0.4 is 4.90 Å². The predicted octanol–water partition coefficient (Wildman–Crippen LogP) is 2.44. The Bertz CT molecular complexity index is 621. The summed E-state index contributed by atoms with van der Waals surface area (Å²) in [6.45, 7) is 0. The van der Waals surface area contributed by atoms with E-state index in [4.69, 9.17) is 5.26 Å². The quantitative estimate of drug-likeness (QED) is 0.828. The second kappa shape index (κ2) is 4.92. The van der Waals surface area contributed by atoms with Crippen molar-refractivity contribution in [3.63, 3.8) is 0 Å². The minimum atomic E-state index is -0.0343. The Morgan fingerprint density at radius 1 is 1.44 bits per heavy atom. The van der Waals surface area contributed by atoms with Crippen LogP contribution in [0.2, 0.25) is 0 Å². The topological polar surface area (TPSA) is 49.0 Å². The molecular formula is C14H15N3O. The van der Waals surface area contributed by atoms with Gasteiger partial charge in [-0.05, 0) is 6.07 Å². The molecule has 0 spiro atoms. The molecule has 0 unspecified atom stereocenters. The molecule has 4 heteroatoms. The van der Waals surface area contributed by atoms with E-state index in [1.807, 2.05) is 48.1 Å². The van der Waals surface area contributed by atoms with Crippen molar-refractivity contribution in [3.8, 4) is 6.07 Å². The van der Waals surface area contributed by atoms with E-state index in [0.717, 1.165) is 16.6 Å². The highest BCUT2D eigenvalue weighted by Crippen LogP contribution is 2.28. The lowest BCUT2D eigenvalue weighted by Gasteiger charge is -2.15. The summed E-state index contributed by atoms with van der Waals surface area (Å²) in [5, 5.41) is 9.57. The zero-order valence-electron chi connectivity index (χ0n) is 10.6. The van der Waals surface area contributed by atoms with E-state index in [9.17, 15) is 4.79 Å². The Kier molecular flexibility index (Phi) is 3.33. The van der Waals surface area contributed by atoms with Crippen molar-refractivity contribution in [3.05, 3.63) is 30.5 Å². The molecule has 0 saturated carbocycles. The number of rotatable bonds is 3. The SMILES string of the molecule is CN(C(=O)CCC#N)c1cn(C)c2ccccc12. The maximum Gasteiger partial charge on any atom is 0.227 e. The van der Waals surface area contributed by atoms with Crippen molar-refractivity contribution < 1.29 is 4.79 Å². The predicted molar refractivity (Wildman–Crippen MR) is 71.2 cm³/mol. The average Bonchev–Trinajstić information content (AvgIpc) is 2.73. The van der Waals surface area contributed by atoms with Gasteiger partial charge >= 0.3 is 0 Å². The van der Waals surface area contributed by atoms with E-state index < -0.39 is 0 Å². The van der Waals surface area contributed by atoms with Gasteiger partial charge in [-0.25, -0.2) is 0 Å². The van der Waals surface area contributed by atoms with Gasteiger partial charge in [0.1, 0.15) is 0 Å². The van der Waals surface area contributed by atoms with Crippen LogP contribution in [-0.2, 0) is 11.8 Å². The standard InChI is InChI=1S/C14H15N3O/c1-16-10-13(11-6-3-4-7-12(11)16)17(2)14(18)8-5-9-15/h3-4,6-7,10H,5,8H2,1-2H3. The molecule has 0 radical (unpaired) electrons. The van der Waals surface area contributed by atoms with Crippen LogP contribution in [0.25, 0.3) is 10.9 Å². The van der Waals surface area contributed by atoms with E-state index in [-0.39, 0.29) is 18.7 Å². The third-order valence-corrected chi connectivity index (χ3v) is 3.06. The summed E-state index contributed by atoms with van der Waals surface area (Å²) in [6, 6.07) is 9.95. The molecule has 18 heavy (non-hydrogen) atoms. The van der Waals surface area contributed by atoms with Gasteiger partial charge in [0.15, 0.2) is 0 Å². The number of amides is 1. The highest BCUT2D eigenvalue weighted by molar-refractivity contribution is 6.03. The fourth-order valence-electron chi connectivity index (χ4n) is 2.05. The fourth-order valence-corrected chi connectivity index (χ4v) is 2.05. The molecule has 92 valence electrons. The van der Waals surface area contributed by atoms with E-state index in [1.165, 1.54) is 0 Å². The summed E-state index contributed by atoms with van der Waals surface area (Å²) in [5.41, 5.74) is 1.98. The molecule has 0 fully saturated rings. The van der Waals surface area contributed by atoms with Gasteiger partial charge in [-0.3, -0.25) is 4.79 Å². The number of nitriles is 1. The van der Waals surface area contributed by atoms with Crippen LogP contribution >= 0.6 is 0 Å². The van der Waals surface area contributed by atoms with Gasteiger partial charge in [0, 0.05) is 44.0 Å². The Labute approximate surface area is 106 Å². The van der Waals surface area contributed by atoms with Crippen LogP contribution in [0.3, 0.4) is 0 Å². The molecular weight excluding hydrogens is 226 g/mol. The number of anilines is 1. The number of benzene rings is 1. The maximum atomic E-state index is 11.9. The highest BCUT2D eigenvalue weighted by atomic mass is 16.2. The van der Waals surface area contributed by atoms with Crippen LogP contribution in [0.4, 0.5) is 5.69 Å². The number of hydrogen-bond acceptors (Lipinski definition) is 2. The fraction of sp³-hybridized carbons (Fsp3) is 0.286. The Morgan fingerprint density at radius 3 is 2.89 bits per heavy atom. The first kappa shape index (κ1) is 12.2.